The Morgan fingerprint density at radius 1 is 0.214 bits per heavy atom. The van der Waals surface area contributed by atoms with E-state index in [1.54, 1.807) is 0 Å². The molecule has 0 spiro atoms. The third-order valence-electron chi connectivity index (χ3n) is 13.8. The van der Waals surface area contributed by atoms with Crippen LogP contribution in [0.2, 0.25) is 0 Å². The molecule has 10 rings (SSSR count). The van der Waals surface area contributed by atoms with E-state index in [0.717, 1.165) is 0 Å². The largest absolute Gasteiger partial charge is 0.228 e. The lowest BCUT2D eigenvalue weighted by atomic mass is 9.12. The second-order valence-corrected chi connectivity index (χ2v) is 24.5. The van der Waals surface area contributed by atoms with Crippen LogP contribution in [0, 0.1) is 116 Å². The van der Waals surface area contributed by atoms with Crippen LogP contribution in [0.3, 0.4) is 0 Å². The van der Waals surface area contributed by atoms with Crippen LogP contribution < -0.4 is 53.7 Å². The summed E-state index contributed by atoms with van der Waals surface area (Å²) >= 11 is 0. The fourth-order valence-electron chi connectivity index (χ4n) is 10.1. The second kappa shape index (κ2) is 23.6. The number of hydrogen-bond donors (Lipinski definition) is 0. The molecule has 0 aliphatic rings. The zero-order chi connectivity index (χ0) is 60.7. The van der Waals surface area contributed by atoms with Crippen molar-refractivity contribution in [2.24, 2.45) is 4.52 Å². The molecule has 1 nitrogen and oxygen atoms in total. The molecule has 0 fully saturated rings. The van der Waals surface area contributed by atoms with E-state index in [1.807, 2.05) is 0 Å². The van der Waals surface area contributed by atoms with Gasteiger partial charge in [-0.2, -0.15) is 0 Å². The summed E-state index contributed by atoms with van der Waals surface area (Å²) in [6, 6.07) is 65.7. The van der Waals surface area contributed by atoms with Gasteiger partial charge >= 0.3 is 0 Å². The number of rotatable bonds is 11. The summed E-state index contributed by atoms with van der Waals surface area (Å²) in [5, 5.41) is 7.55. The first kappa shape index (κ1) is 60.1. The summed E-state index contributed by atoms with van der Waals surface area (Å²) in [4.78, 5) is 0. The lowest BCUT2D eigenvalue weighted by molar-refractivity contribution is 0.378. The summed E-state index contributed by atoms with van der Waals surface area (Å²) in [5.74, 6) is -71.4. The predicted octanol–water partition coefficient (Wildman–Crippen LogP) is 12.9. The highest BCUT2D eigenvalue weighted by atomic mass is 31.2. The van der Waals surface area contributed by atoms with Crippen LogP contribution in [0.25, 0.3) is 0 Å². The van der Waals surface area contributed by atoms with Gasteiger partial charge in [-0.15, -0.1) is 26.4 Å². The van der Waals surface area contributed by atoms with E-state index in [9.17, 15) is 52.7 Å². The fraction of sp³-hybridized carbons (Fsp3) is 0. The molecular formula is C60H30BF20NP2. The second-order valence-electron chi connectivity index (χ2n) is 18.2. The first-order valence-corrected chi connectivity index (χ1v) is 27.6. The molecule has 0 N–H and O–H groups in total. The minimum atomic E-state index is -7.22. The molecule has 0 atom stereocenters. The first-order valence-electron chi connectivity index (χ1n) is 24.1. The van der Waals surface area contributed by atoms with Gasteiger partial charge in [0, 0.05) is 15.9 Å². The summed E-state index contributed by atoms with van der Waals surface area (Å²) in [7, 11) is -4.99. The molecule has 0 heterocycles. The maximum atomic E-state index is 15.4. The SMILES string of the molecule is Fc1c(F)c(F)c([B-](c2c(F)c(F)c(F)c(F)c2F)(c2c(F)c(F)c(F)c(F)c2F)c2c(F)c(F)c(F)c(F)c2F)c(F)c1F.c1ccc(P(=N[P+](c2ccccc2)(c2ccccc2)c2ccccc2)(c2ccccc2)c2ccccc2)cc1. The minimum absolute atomic E-state index is 1.26. The van der Waals surface area contributed by atoms with Crippen LogP contribution in [0.5, 0.6) is 0 Å². The standard InChI is InChI=1S/C36H30NP2.C24BF20/c1-7-19-31(20-8-1)38(32-21-9-2-10-22-32,33-23-11-3-12-24-33)37-39(34-25-13-4-14-26-34,35-27-15-5-16-28-35)36-29-17-6-18-30-36;26-5-1(6(27)14(35)21(42)13(5)34)25(2-7(28)15(36)22(43)16(37)8(2)29,3-9(30)17(38)23(44)18(39)10(3)31)4-11(32)19(40)24(45)20(41)12(4)33/h1-30H;/q+1;-1. The molecule has 0 amide bonds. The Kier molecular flexibility index (Phi) is 16.9. The quantitative estimate of drug-likeness (QED) is 0.0402. The van der Waals surface area contributed by atoms with Gasteiger partial charge < -0.3 is 0 Å². The number of hydrogen-bond acceptors (Lipinski definition) is 1. The number of nitrogens with zero attached hydrogens (tertiary/aromatic N) is 1. The van der Waals surface area contributed by atoms with Gasteiger partial charge in [0.05, 0.1) is 0 Å². The lowest BCUT2D eigenvalue weighted by Gasteiger charge is -2.44. The van der Waals surface area contributed by atoms with Crippen molar-refractivity contribution >= 4 is 74.3 Å². The van der Waals surface area contributed by atoms with Crippen molar-refractivity contribution in [1.82, 2.24) is 0 Å². The van der Waals surface area contributed by atoms with E-state index in [2.05, 4.69) is 182 Å². The smallest absolute Gasteiger partial charge is 0.207 e. The molecule has 0 aliphatic heterocycles. The molecule has 0 saturated heterocycles. The first-order chi connectivity index (χ1) is 40.0. The van der Waals surface area contributed by atoms with Crippen LogP contribution in [-0.4, -0.2) is 6.15 Å². The lowest BCUT2D eigenvalue weighted by Crippen LogP contribution is -2.81. The molecule has 0 bridgehead atoms. The molecule has 24 heteroatoms. The third kappa shape index (κ3) is 9.52. The van der Waals surface area contributed by atoms with E-state index in [-0.39, 0.29) is 0 Å². The van der Waals surface area contributed by atoms with Gasteiger partial charge in [0.25, 0.3) is 0 Å². The molecule has 10 aromatic carbocycles. The van der Waals surface area contributed by atoms with Crippen LogP contribution >= 0.6 is 14.5 Å². The molecule has 10 aromatic rings. The van der Waals surface area contributed by atoms with Gasteiger partial charge in [0.15, 0.2) is 69.8 Å². The highest BCUT2D eigenvalue weighted by Crippen LogP contribution is 2.66. The summed E-state index contributed by atoms with van der Waals surface area (Å²) < 4.78 is 300. The van der Waals surface area contributed by atoms with E-state index in [4.69, 9.17) is 4.52 Å². The van der Waals surface area contributed by atoms with Crippen molar-refractivity contribution in [3.05, 3.63) is 298 Å². The molecule has 0 radical (unpaired) electrons. The molecule has 0 saturated carbocycles. The monoisotopic (exact) mass is 1220 g/mol. The average molecular weight is 1220 g/mol. The van der Waals surface area contributed by atoms with Crippen molar-refractivity contribution in [1.29, 1.82) is 0 Å². The Morgan fingerprint density at radius 2 is 0.369 bits per heavy atom. The highest BCUT2D eigenvalue weighted by Gasteiger charge is 2.53. The maximum absolute atomic E-state index is 15.4. The van der Waals surface area contributed by atoms with E-state index < -0.39 is 159 Å². The zero-order valence-corrected chi connectivity index (χ0v) is 43.6. The van der Waals surface area contributed by atoms with Crippen LogP contribution in [0.4, 0.5) is 87.8 Å². The Bertz CT molecular complexity index is 3610. The van der Waals surface area contributed by atoms with Crippen molar-refractivity contribution in [2.45, 2.75) is 0 Å². The van der Waals surface area contributed by atoms with E-state index in [1.165, 1.54) is 31.8 Å². The van der Waals surface area contributed by atoms with Crippen molar-refractivity contribution < 1.29 is 87.8 Å². The molecule has 428 valence electrons. The van der Waals surface area contributed by atoms with Crippen LogP contribution in [0.15, 0.2) is 187 Å². The topological polar surface area (TPSA) is 12.4 Å². The highest BCUT2D eigenvalue weighted by molar-refractivity contribution is 8.01. The Hall–Kier alpha value is -8.48. The van der Waals surface area contributed by atoms with Crippen molar-refractivity contribution in [3.8, 4) is 0 Å². The van der Waals surface area contributed by atoms with Crippen LogP contribution in [-0.2, 0) is 0 Å². The van der Waals surface area contributed by atoms with Gasteiger partial charge in [0.1, 0.15) is 75.7 Å². The van der Waals surface area contributed by atoms with Gasteiger partial charge in [-0.25, -0.2) is 87.8 Å². The van der Waals surface area contributed by atoms with Crippen LogP contribution in [0.1, 0.15) is 0 Å². The molecule has 0 aromatic heterocycles. The maximum Gasteiger partial charge on any atom is 0.228 e. The summed E-state index contributed by atoms with van der Waals surface area (Å²) in [6.07, 6.45) is -7.22. The van der Waals surface area contributed by atoms with Gasteiger partial charge in [-0.3, -0.25) is 0 Å². The zero-order valence-electron chi connectivity index (χ0n) is 41.8. The molecular weight excluding hydrogens is 1190 g/mol. The average Bonchev–Trinajstić information content (AvgIpc) is 0.801. The third-order valence-corrected chi connectivity index (χ3v) is 22.2. The summed E-state index contributed by atoms with van der Waals surface area (Å²) in [5.41, 5.74) is -14.3. The number of benzene rings is 10. The Balaban J connectivity index is 0.000000203. The van der Waals surface area contributed by atoms with E-state index in [0.29, 0.717) is 0 Å². The normalized spacial score (nSPS) is 11.8. The number of halogens is 20. The Morgan fingerprint density at radius 3 is 0.548 bits per heavy atom. The molecule has 0 aliphatic carbocycles. The Labute approximate surface area is 463 Å². The van der Waals surface area contributed by atoms with Crippen molar-refractivity contribution in [3.63, 3.8) is 0 Å². The molecule has 0 unspecified atom stereocenters. The fourth-order valence-corrected chi connectivity index (χ4v) is 19.6. The van der Waals surface area contributed by atoms with Gasteiger partial charge in [0.2, 0.25) is 7.41 Å². The van der Waals surface area contributed by atoms with Crippen molar-refractivity contribution in [2.75, 3.05) is 0 Å². The molecule has 84 heavy (non-hydrogen) atoms. The van der Waals surface area contributed by atoms with Gasteiger partial charge in [-0.1, -0.05) is 146 Å². The predicted molar refractivity (Wildman–Crippen MR) is 282 cm³/mol. The van der Waals surface area contributed by atoms with E-state index >= 15 is 35.1 Å². The minimum Gasteiger partial charge on any atom is -0.207 e. The summed E-state index contributed by atoms with van der Waals surface area (Å²) in [6.45, 7) is 0. The van der Waals surface area contributed by atoms with Gasteiger partial charge in [-0.05, 0) is 36.4 Å².